The molecule has 0 saturated heterocycles. The first-order chi connectivity index (χ1) is 14.9. The molecule has 0 radical (unpaired) electrons. The lowest BCUT2D eigenvalue weighted by Gasteiger charge is -2.35. The highest BCUT2D eigenvalue weighted by atomic mass is 31.2. The van der Waals surface area contributed by atoms with E-state index in [0.29, 0.717) is 44.7 Å². The van der Waals surface area contributed by atoms with Gasteiger partial charge in [-0.1, -0.05) is 12.8 Å². The summed E-state index contributed by atoms with van der Waals surface area (Å²) >= 11 is 0. The number of unbranched alkanes of at least 4 members (excludes halogenated alkanes) is 3. The third-order valence-corrected chi connectivity index (χ3v) is 6.67. The molecule has 176 valence electrons. The number of hydrogen-bond donors (Lipinski definition) is 3. The standard InChI is InChI=1S/C21H39N6O3P/c1-17(2)27(18(3)4)31(30-13-9-10-22)29-12-8-6-5-7-11-25-21(28)20(23)14-19-15-24-16-26-19/h15-18,20H,5-9,11-14,23H2,1-4H3,(H,24,26)(H,25,28)/t20-,31?/m0/s1. The molecule has 0 aliphatic rings. The fraction of sp³-hybridized carbons (Fsp3) is 0.762. The van der Waals surface area contributed by atoms with Crippen LogP contribution in [0.2, 0.25) is 0 Å². The molecule has 2 atom stereocenters. The third-order valence-electron chi connectivity index (χ3n) is 4.57. The molecule has 0 saturated carbocycles. The number of nitrogens with two attached hydrogens (primary N) is 1. The number of imidazole rings is 1. The molecule has 0 aromatic carbocycles. The largest absolute Gasteiger partial charge is 0.355 e. The molecular formula is C21H39N6O3P. The number of hydrogen-bond acceptors (Lipinski definition) is 7. The van der Waals surface area contributed by atoms with Crippen molar-refractivity contribution in [3.05, 3.63) is 18.2 Å². The lowest BCUT2D eigenvalue weighted by Crippen LogP contribution is -2.42. The van der Waals surface area contributed by atoms with Crippen LogP contribution in [0.25, 0.3) is 0 Å². The van der Waals surface area contributed by atoms with E-state index in [9.17, 15) is 4.79 Å². The van der Waals surface area contributed by atoms with Gasteiger partial charge >= 0.3 is 0 Å². The Morgan fingerprint density at radius 3 is 2.52 bits per heavy atom. The minimum absolute atomic E-state index is 0.138. The van der Waals surface area contributed by atoms with Gasteiger partial charge in [0.05, 0.1) is 38.1 Å². The maximum atomic E-state index is 12.0. The van der Waals surface area contributed by atoms with Gasteiger partial charge in [-0.3, -0.25) is 4.79 Å². The summed E-state index contributed by atoms with van der Waals surface area (Å²) in [5, 5.41) is 11.7. The van der Waals surface area contributed by atoms with Gasteiger partial charge in [0.2, 0.25) is 5.91 Å². The number of carbonyl (C=O) groups excluding carboxylic acids is 1. The minimum atomic E-state index is -1.17. The highest BCUT2D eigenvalue weighted by Crippen LogP contribution is 2.46. The van der Waals surface area contributed by atoms with Crippen LogP contribution in [-0.2, 0) is 20.3 Å². The molecular weight excluding hydrogens is 415 g/mol. The number of amides is 1. The lowest BCUT2D eigenvalue weighted by atomic mass is 10.1. The Labute approximate surface area is 188 Å². The molecule has 0 aliphatic heterocycles. The molecule has 0 fully saturated rings. The molecule has 1 heterocycles. The molecule has 1 aromatic heterocycles. The van der Waals surface area contributed by atoms with Crippen molar-refractivity contribution >= 4 is 14.4 Å². The van der Waals surface area contributed by atoms with Crippen LogP contribution in [0.4, 0.5) is 0 Å². The third kappa shape index (κ3) is 11.6. The van der Waals surface area contributed by atoms with E-state index in [2.05, 4.69) is 53.7 Å². The van der Waals surface area contributed by atoms with Crippen molar-refractivity contribution in [3.63, 3.8) is 0 Å². The monoisotopic (exact) mass is 454 g/mol. The summed E-state index contributed by atoms with van der Waals surface area (Å²) in [4.78, 5) is 18.9. The highest BCUT2D eigenvalue weighted by molar-refractivity contribution is 7.44. The SMILES string of the molecule is CC(C)N(C(C)C)P(OCCC#N)OCCCCCCNC(=O)[C@@H](N)Cc1cnc[nH]1. The summed E-state index contributed by atoms with van der Waals surface area (Å²) in [6.07, 6.45) is 7.92. The topological polar surface area (TPSA) is 129 Å². The van der Waals surface area contributed by atoms with Crippen molar-refractivity contribution in [1.29, 1.82) is 5.26 Å². The number of H-pyrrole nitrogens is 1. The predicted molar refractivity (Wildman–Crippen MR) is 123 cm³/mol. The van der Waals surface area contributed by atoms with Crippen molar-refractivity contribution in [2.24, 2.45) is 5.73 Å². The average molecular weight is 455 g/mol. The first kappa shape index (κ1) is 27.5. The zero-order valence-corrected chi connectivity index (χ0v) is 20.2. The van der Waals surface area contributed by atoms with E-state index in [1.807, 2.05) is 0 Å². The summed E-state index contributed by atoms with van der Waals surface area (Å²) in [6, 6.07) is 2.15. The zero-order chi connectivity index (χ0) is 23.1. The van der Waals surface area contributed by atoms with Crippen molar-refractivity contribution < 1.29 is 13.8 Å². The second-order valence-corrected chi connectivity index (χ2v) is 9.43. The predicted octanol–water partition coefficient (Wildman–Crippen LogP) is 3.25. The number of nitrogens with zero attached hydrogens (tertiary/aromatic N) is 3. The maximum absolute atomic E-state index is 12.0. The van der Waals surface area contributed by atoms with E-state index in [4.69, 9.17) is 20.0 Å². The number of nitrogens with one attached hydrogen (secondary N) is 2. The summed E-state index contributed by atoms with van der Waals surface area (Å²) in [5.74, 6) is -0.138. The maximum Gasteiger partial charge on any atom is 0.259 e. The van der Waals surface area contributed by atoms with Crippen molar-refractivity contribution in [2.75, 3.05) is 19.8 Å². The van der Waals surface area contributed by atoms with Crippen LogP contribution in [-0.4, -0.2) is 58.4 Å². The molecule has 0 aliphatic carbocycles. The number of aromatic amines is 1. The Balaban J connectivity index is 2.20. The molecule has 31 heavy (non-hydrogen) atoms. The van der Waals surface area contributed by atoms with Crippen molar-refractivity contribution in [2.45, 2.75) is 84.3 Å². The molecule has 0 spiro atoms. The van der Waals surface area contributed by atoms with Crippen LogP contribution < -0.4 is 11.1 Å². The van der Waals surface area contributed by atoms with E-state index in [1.165, 1.54) is 0 Å². The Kier molecular flexibility index (Phi) is 14.3. The quantitative estimate of drug-likeness (QED) is 0.243. The summed E-state index contributed by atoms with van der Waals surface area (Å²) in [6.45, 7) is 10.1. The Bertz CT molecular complexity index is 628. The zero-order valence-electron chi connectivity index (χ0n) is 19.3. The number of rotatable bonds is 17. The fourth-order valence-corrected chi connectivity index (χ4v) is 4.73. The number of nitriles is 1. The van der Waals surface area contributed by atoms with Gasteiger partial charge in [-0.05, 0) is 40.5 Å². The fourth-order valence-electron chi connectivity index (χ4n) is 3.11. The van der Waals surface area contributed by atoms with Gasteiger partial charge in [-0.2, -0.15) is 5.26 Å². The van der Waals surface area contributed by atoms with Gasteiger partial charge in [-0.25, -0.2) is 9.65 Å². The molecule has 1 rings (SSSR count). The van der Waals surface area contributed by atoms with E-state index < -0.39 is 14.6 Å². The van der Waals surface area contributed by atoms with E-state index in [1.54, 1.807) is 12.5 Å². The van der Waals surface area contributed by atoms with Gasteiger partial charge in [0.15, 0.2) is 0 Å². The second-order valence-electron chi connectivity index (χ2n) is 7.97. The number of aromatic nitrogens is 2. The second kappa shape index (κ2) is 16.1. The van der Waals surface area contributed by atoms with Gasteiger partial charge in [0, 0.05) is 36.9 Å². The van der Waals surface area contributed by atoms with Crippen LogP contribution in [0.5, 0.6) is 0 Å². The van der Waals surface area contributed by atoms with Gasteiger partial charge < -0.3 is 25.1 Å². The van der Waals surface area contributed by atoms with Crippen molar-refractivity contribution in [3.8, 4) is 6.07 Å². The van der Waals surface area contributed by atoms with Gasteiger partial charge in [-0.15, -0.1) is 0 Å². The molecule has 1 unspecified atom stereocenters. The molecule has 1 amide bonds. The molecule has 0 bridgehead atoms. The van der Waals surface area contributed by atoms with Crippen LogP contribution in [0.3, 0.4) is 0 Å². The molecule has 4 N–H and O–H groups in total. The van der Waals surface area contributed by atoms with Crippen LogP contribution in [0, 0.1) is 11.3 Å². The summed E-state index contributed by atoms with van der Waals surface area (Å²) in [7, 11) is -1.17. The smallest absolute Gasteiger partial charge is 0.259 e. The first-order valence-electron chi connectivity index (χ1n) is 11.1. The van der Waals surface area contributed by atoms with E-state index >= 15 is 0 Å². The number of carbonyl (C=O) groups is 1. The molecule has 9 nitrogen and oxygen atoms in total. The van der Waals surface area contributed by atoms with Crippen molar-refractivity contribution in [1.82, 2.24) is 20.0 Å². The van der Waals surface area contributed by atoms with E-state index in [-0.39, 0.29) is 5.91 Å². The normalized spacial score (nSPS) is 13.5. The van der Waals surface area contributed by atoms with Crippen LogP contribution in [0.1, 0.15) is 65.5 Å². The van der Waals surface area contributed by atoms with E-state index in [0.717, 1.165) is 31.4 Å². The highest BCUT2D eigenvalue weighted by Gasteiger charge is 2.26. The molecule has 1 aromatic rings. The average Bonchev–Trinajstić information content (AvgIpc) is 3.22. The molecule has 10 heteroatoms. The Hall–Kier alpha value is -1.56. The minimum Gasteiger partial charge on any atom is -0.355 e. The first-order valence-corrected chi connectivity index (χ1v) is 12.2. The van der Waals surface area contributed by atoms with Crippen LogP contribution >= 0.6 is 8.53 Å². The Morgan fingerprint density at radius 2 is 1.90 bits per heavy atom. The summed E-state index contributed by atoms with van der Waals surface area (Å²) in [5.41, 5.74) is 6.77. The van der Waals surface area contributed by atoms with Gasteiger partial charge in [0.25, 0.3) is 8.53 Å². The Morgan fingerprint density at radius 1 is 1.23 bits per heavy atom. The van der Waals surface area contributed by atoms with Crippen LogP contribution in [0.15, 0.2) is 12.5 Å². The van der Waals surface area contributed by atoms with Gasteiger partial charge in [0.1, 0.15) is 0 Å². The summed E-state index contributed by atoms with van der Waals surface area (Å²) < 4.78 is 14.2. The lowest BCUT2D eigenvalue weighted by molar-refractivity contribution is -0.122.